The van der Waals surface area contributed by atoms with Crippen LogP contribution in [0.5, 0.6) is 0 Å². The van der Waals surface area contributed by atoms with E-state index >= 15 is 0 Å². The number of rotatable bonds is 3. The monoisotopic (exact) mass is 377 g/mol. The highest BCUT2D eigenvalue weighted by Crippen LogP contribution is 2.31. The summed E-state index contributed by atoms with van der Waals surface area (Å²) in [6.45, 7) is 5.87. The van der Waals surface area contributed by atoms with Crippen molar-refractivity contribution in [2.45, 2.75) is 25.7 Å². The van der Waals surface area contributed by atoms with E-state index in [2.05, 4.69) is 22.1 Å². The molecule has 0 unspecified atom stereocenters. The molecule has 3 nitrogen and oxygen atoms in total. The van der Waals surface area contributed by atoms with Gasteiger partial charge < -0.3 is 5.32 Å². The third kappa shape index (κ3) is 4.47. The van der Waals surface area contributed by atoms with E-state index in [1.54, 1.807) is 0 Å². The highest BCUT2D eigenvalue weighted by Gasteiger charge is 2.30. The van der Waals surface area contributed by atoms with E-state index in [9.17, 15) is 13.2 Å². The number of hydrogen-bond donors (Lipinski definition) is 1. The van der Waals surface area contributed by atoms with Crippen molar-refractivity contribution in [3.05, 3.63) is 40.9 Å². The maximum absolute atomic E-state index is 12.6. The van der Waals surface area contributed by atoms with Crippen molar-refractivity contribution in [2.24, 2.45) is 0 Å². The number of benzene rings is 1. The Labute approximate surface area is 149 Å². The molecule has 0 aliphatic carbocycles. The SMILES string of the molecule is C[C@H]1CNCCN1Cc1csc(-c2ccc(C(F)(F)F)cc2)n1.Cl. The Morgan fingerprint density at radius 3 is 2.62 bits per heavy atom. The molecule has 0 amide bonds. The maximum Gasteiger partial charge on any atom is 0.416 e. The second-order valence-electron chi connectivity index (χ2n) is 5.74. The summed E-state index contributed by atoms with van der Waals surface area (Å²) < 4.78 is 37.8. The van der Waals surface area contributed by atoms with E-state index in [4.69, 9.17) is 0 Å². The zero-order valence-corrected chi connectivity index (χ0v) is 14.8. The number of hydrogen-bond acceptors (Lipinski definition) is 4. The predicted molar refractivity (Wildman–Crippen MR) is 92.5 cm³/mol. The molecule has 1 aliphatic rings. The van der Waals surface area contributed by atoms with Gasteiger partial charge in [0.25, 0.3) is 0 Å². The molecule has 1 fully saturated rings. The zero-order chi connectivity index (χ0) is 16.4. The molecule has 2 aromatic rings. The normalized spacial score (nSPS) is 19.1. The van der Waals surface area contributed by atoms with Crippen LogP contribution in [0.25, 0.3) is 10.6 Å². The van der Waals surface area contributed by atoms with Gasteiger partial charge in [0.05, 0.1) is 11.3 Å². The van der Waals surface area contributed by atoms with Gasteiger partial charge in [-0.3, -0.25) is 4.90 Å². The summed E-state index contributed by atoms with van der Waals surface area (Å²) in [4.78, 5) is 6.94. The van der Waals surface area contributed by atoms with Crippen molar-refractivity contribution in [1.29, 1.82) is 0 Å². The summed E-state index contributed by atoms with van der Waals surface area (Å²) in [5.74, 6) is 0. The second-order valence-corrected chi connectivity index (χ2v) is 6.60. The smallest absolute Gasteiger partial charge is 0.314 e. The first-order valence-corrected chi connectivity index (χ1v) is 8.38. The molecule has 0 saturated carbocycles. The van der Waals surface area contributed by atoms with Crippen molar-refractivity contribution in [3.63, 3.8) is 0 Å². The lowest BCUT2D eigenvalue weighted by Gasteiger charge is -2.33. The van der Waals surface area contributed by atoms with Gasteiger partial charge >= 0.3 is 6.18 Å². The molecule has 1 saturated heterocycles. The van der Waals surface area contributed by atoms with Crippen LogP contribution in [0.1, 0.15) is 18.2 Å². The van der Waals surface area contributed by atoms with Gasteiger partial charge in [-0.05, 0) is 19.1 Å². The number of nitrogens with zero attached hydrogens (tertiary/aromatic N) is 2. The molecule has 3 rings (SSSR count). The van der Waals surface area contributed by atoms with Gasteiger partial charge in [0.1, 0.15) is 5.01 Å². The van der Waals surface area contributed by atoms with Crippen molar-refractivity contribution in [2.75, 3.05) is 19.6 Å². The number of nitrogens with one attached hydrogen (secondary N) is 1. The van der Waals surface area contributed by atoms with Crippen LogP contribution in [0.2, 0.25) is 0 Å². The summed E-state index contributed by atoms with van der Waals surface area (Å²) in [6.07, 6.45) is -4.30. The quantitative estimate of drug-likeness (QED) is 0.874. The average Bonchev–Trinajstić information content (AvgIpc) is 2.97. The number of alkyl halides is 3. The Morgan fingerprint density at radius 1 is 1.29 bits per heavy atom. The van der Waals surface area contributed by atoms with Crippen LogP contribution in [0.3, 0.4) is 0 Å². The summed E-state index contributed by atoms with van der Waals surface area (Å²) in [7, 11) is 0. The maximum atomic E-state index is 12.6. The van der Waals surface area contributed by atoms with E-state index in [-0.39, 0.29) is 12.4 Å². The molecule has 1 aliphatic heterocycles. The van der Waals surface area contributed by atoms with Crippen molar-refractivity contribution < 1.29 is 13.2 Å². The molecule has 0 radical (unpaired) electrons. The van der Waals surface area contributed by atoms with Crippen LogP contribution < -0.4 is 5.32 Å². The van der Waals surface area contributed by atoms with Crippen LogP contribution in [-0.4, -0.2) is 35.6 Å². The van der Waals surface area contributed by atoms with Crippen molar-refractivity contribution >= 4 is 23.7 Å². The molecule has 24 heavy (non-hydrogen) atoms. The van der Waals surface area contributed by atoms with E-state index in [0.29, 0.717) is 6.04 Å². The first-order chi connectivity index (χ1) is 10.9. The average molecular weight is 378 g/mol. The fraction of sp³-hybridized carbons (Fsp3) is 0.438. The van der Waals surface area contributed by atoms with E-state index in [1.807, 2.05) is 5.38 Å². The molecule has 8 heteroatoms. The van der Waals surface area contributed by atoms with E-state index in [0.717, 1.165) is 54.6 Å². The highest BCUT2D eigenvalue weighted by molar-refractivity contribution is 7.13. The summed E-state index contributed by atoms with van der Waals surface area (Å²) in [5.41, 5.74) is 1.06. The Hall–Kier alpha value is -1.15. The fourth-order valence-electron chi connectivity index (χ4n) is 2.64. The third-order valence-electron chi connectivity index (χ3n) is 4.01. The minimum Gasteiger partial charge on any atom is -0.314 e. The minimum atomic E-state index is -4.30. The number of piperazine rings is 1. The lowest BCUT2D eigenvalue weighted by atomic mass is 10.1. The Bertz CT molecular complexity index is 657. The minimum absolute atomic E-state index is 0. The van der Waals surface area contributed by atoms with Crippen molar-refractivity contribution in [1.82, 2.24) is 15.2 Å². The molecule has 1 N–H and O–H groups in total. The number of thiazole rings is 1. The molecular formula is C16H19ClF3N3S. The number of aromatic nitrogens is 1. The van der Waals surface area contributed by atoms with E-state index in [1.165, 1.54) is 23.5 Å². The zero-order valence-electron chi connectivity index (χ0n) is 13.1. The van der Waals surface area contributed by atoms with Crippen LogP contribution >= 0.6 is 23.7 Å². The van der Waals surface area contributed by atoms with Gasteiger partial charge in [-0.1, -0.05) is 12.1 Å². The molecule has 2 heterocycles. The molecular weight excluding hydrogens is 359 g/mol. The van der Waals surface area contributed by atoms with Crippen LogP contribution in [0.15, 0.2) is 29.6 Å². The Balaban J connectivity index is 0.00000208. The largest absolute Gasteiger partial charge is 0.416 e. The molecule has 132 valence electrons. The lowest BCUT2D eigenvalue weighted by molar-refractivity contribution is -0.137. The van der Waals surface area contributed by atoms with Gasteiger partial charge in [0, 0.05) is 43.2 Å². The molecule has 1 aromatic carbocycles. The van der Waals surface area contributed by atoms with Crippen LogP contribution in [0.4, 0.5) is 13.2 Å². The summed E-state index contributed by atoms with van der Waals surface area (Å²) in [5, 5.41) is 6.10. The topological polar surface area (TPSA) is 28.2 Å². The van der Waals surface area contributed by atoms with Gasteiger partial charge in [-0.25, -0.2) is 4.98 Å². The van der Waals surface area contributed by atoms with Crippen molar-refractivity contribution in [3.8, 4) is 10.6 Å². The standard InChI is InChI=1S/C16H18F3N3S.ClH/c1-11-8-20-6-7-22(11)9-14-10-23-15(21-14)12-2-4-13(5-3-12)16(17,18)19;/h2-5,10-11,20H,6-9H2,1H3;1H/t11-;/m0./s1. The molecule has 1 aromatic heterocycles. The molecule has 1 atom stereocenters. The summed E-state index contributed by atoms with van der Waals surface area (Å²) >= 11 is 1.47. The Morgan fingerprint density at radius 2 is 2.00 bits per heavy atom. The predicted octanol–water partition coefficient (Wildman–Crippen LogP) is 4.04. The molecule has 0 bridgehead atoms. The number of halogens is 4. The molecule has 0 spiro atoms. The highest BCUT2D eigenvalue weighted by atomic mass is 35.5. The van der Waals surface area contributed by atoms with E-state index < -0.39 is 11.7 Å². The fourth-order valence-corrected chi connectivity index (χ4v) is 3.46. The van der Waals surface area contributed by atoms with Gasteiger partial charge in [0.15, 0.2) is 0 Å². The van der Waals surface area contributed by atoms with Gasteiger partial charge in [-0.15, -0.1) is 23.7 Å². The lowest BCUT2D eigenvalue weighted by Crippen LogP contribution is -2.49. The third-order valence-corrected chi connectivity index (χ3v) is 4.96. The van der Waals surface area contributed by atoms with Crippen LogP contribution in [-0.2, 0) is 12.7 Å². The second kappa shape index (κ2) is 7.82. The first-order valence-electron chi connectivity index (χ1n) is 7.50. The first kappa shape index (κ1) is 19.2. The summed E-state index contributed by atoms with van der Waals surface area (Å²) in [6, 6.07) is 5.64. The Kier molecular flexibility index (Phi) is 6.25. The van der Waals surface area contributed by atoms with Crippen LogP contribution in [0, 0.1) is 0 Å². The van der Waals surface area contributed by atoms with Gasteiger partial charge in [-0.2, -0.15) is 13.2 Å². The van der Waals surface area contributed by atoms with Gasteiger partial charge in [0.2, 0.25) is 0 Å².